The van der Waals surface area contributed by atoms with Gasteiger partial charge in [-0.15, -0.1) is 11.3 Å². The standard InChI is InChI=1S/C18H23N3O2S/c1-3-14-10-19-17(24-14)12(2)20-18(23)21-9-8-13-6-4-5-7-15(13)16(21)11-22/h4-7,10,12,16,22H,3,8-9,11H2,1-2H3,(H,20,23)/t12-,16+/m0/s1. The van der Waals surface area contributed by atoms with Crippen molar-refractivity contribution in [3.63, 3.8) is 0 Å². The number of hydrogen-bond donors (Lipinski definition) is 2. The number of rotatable bonds is 4. The maximum Gasteiger partial charge on any atom is 0.318 e. The molecule has 2 heterocycles. The van der Waals surface area contributed by atoms with Crippen LogP contribution in [0.25, 0.3) is 0 Å². The van der Waals surface area contributed by atoms with E-state index in [1.165, 1.54) is 10.4 Å². The number of hydrogen-bond acceptors (Lipinski definition) is 4. The van der Waals surface area contributed by atoms with Crippen LogP contribution >= 0.6 is 11.3 Å². The third-order valence-corrected chi connectivity index (χ3v) is 5.80. The van der Waals surface area contributed by atoms with E-state index in [1.54, 1.807) is 16.2 Å². The average Bonchev–Trinajstić information content (AvgIpc) is 3.09. The van der Waals surface area contributed by atoms with Gasteiger partial charge in [0.05, 0.1) is 18.7 Å². The fourth-order valence-corrected chi connectivity index (χ4v) is 3.97. The summed E-state index contributed by atoms with van der Waals surface area (Å²) in [5.74, 6) is 0. The molecule has 0 radical (unpaired) electrons. The van der Waals surface area contributed by atoms with Crippen LogP contribution in [0.4, 0.5) is 4.79 Å². The summed E-state index contributed by atoms with van der Waals surface area (Å²) in [6, 6.07) is 7.44. The van der Waals surface area contributed by atoms with E-state index in [9.17, 15) is 9.90 Å². The van der Waals surface area contributed by atoms with Crippen molar-refractivity contribution in [3.05, 3.63) is 51.5 Å². The van der Waals surface area contributed by atoms with Gasteiger partial charge in [0.2, 0.25) is 0 Å². The highest BCUT2D eigenvalue weighted by atomic mass is 32.1. The molecule has 6 heteroatoms. The minimum absolute atomic E-state index is 0.0734. The minimum atomic E-state index is -0.287. The second-order valence-corrected chi connectivity index (χ2v) is 7.18. The second-order valence-electron chi connectivity index (χ2n) is 6.03. The van der Waals surface area contributed by atoms with Crippen molar-refractivity contribution in [3.8, 4) is 0 Å². The number of fused-ring (bicyclic) bond motifs is 1. The van der Waals surface area contributed by atoms with E-state index in [0.717, 1.165) is 23.4 Å². The molecule has 1 aliphatic rings. The van der Waals surface area contributed by atoms with Gasteiger partial charge in [0, 0.05) is 17.6 Å². The highest BCUT2D eigenvalue weighted by Crippen LogP contribution is 2.30. The summed E-state index contributed by atoms with van der Waals surface area (Å²) >= 11 is 1.63. The SMILES string of the molecule is CCc1cnc([C@H](C)NC(=O)N2CCc3ccccc3[C@H]2CO)s1. The Balaban J connectivity index is 1.72. The van der Waals surface area contributed by atoms with Crippen LogP contribution in [-0.4, -0.2) is 34.2 Å². The van der Waals surface area contributed by atoms with E-state index in [2.05, 4.69) is 23.3 Å². The quantitative estimate of drug-likeness (QED) is 0.895. The van der Waals surface area contributed by atoms with Crippen LogP contribution in [0.15, 0.2) is 30.5 Å². The molecule has 2 N–H and O–H groups in total. The molecule has 1 aromatic heterocycles. The number of nitrogens with zero attached hydrogens (tertiary/aromatic N) is 2. The Labute approximate surface area is 146 Å². The number of thiazole rings is 1. The zero-order valence-corrected chi connectivity index (χ0v) is 14.8. The van der Waals surface area contributed by atoms with Gasteiger partial charge < -0.3 is 15.3 Å². The fourth-order valence-electron chi connectivity index (χ4n) is 3.11. The van der Waals surface area contributed by atoms with Gasteiger partial charge in [-0.2, -0.15) is 0 Å². The number of nitrogens with one attached hydrogen (secondary N) is 1. The molecule has 5 nitrogen and oxygen atoms in total. The fraction of sp³-hybridized carbons (Fsp3) is 0.444. The summed E-state index contributed by atoms with van der Waals surface area (Å²) in [5, 5.41) is 13.7. The molecule has 2 amide bonds. The first-order valence-electron chi connectivity index (χ1n) is 8.34. The molecule has 128 valence electrons. The number of amides is 2. The summed E-state index contributed by atoms with van der Waals surface area (Å²) in [6.45, 7) is 4.58. The highest BCUT2D eigenvalue weighted by Gasteiger charge is 2.31. The maximum atomic E-state index is 12.7. The lowest BCUT2D eigenvalue weighted by Gasteiger charge is -2.36. The molecule has 1 aromatic carbocycles. The van der Waals surface area contributed by atoms with Gasteiger partial charge >= 0.3 is 6.03 Å². The van der Waals surface area contributed by atoms with Crippen LogP contribution in [0.2, 0.25) is 0 Å². The van der Waals surface area contributed by atoms with Gasteiger partial charge in [-0.25, -0.2) is 9.78 Å². The largest absolute Gasteiger partial charge is 0.394 e. The highest BCUT2D eigenvalue weighted by molar-refractivity contribution is 7.11. The average molecular weight is 345 g/mol. The van der Waals surface area contributed by atoms with Crippen LogP contribution in [0.5, 0.6) is 0 Å². The van der Waals surface area contributed by atoms with E-state index >= 15 is 0 Å². The molecule has 0 saturated carbocycles. The van der Waals surface area contributed by atoms with Gasteiger partial charge in [-0.05, 0) is 30.9 Å². The Hall–Kier alpha value is -1.92. The number of aromatic nitrogens is 1. The Kier molecular flexibility index (Phi) is 5.16. The van der Waals surface area contributed by atoms with Gasteiger partial charge in [0.1, 0.15) is 5.01 Å². The van der Waals surface area contributed by atoms with Crippen LogP contribution in [0.1, 0.15) is 46.9 Å². The number of aliphatic hydroxyl groups excluding tert-OH is 1. The monoisotopic (exact) mass is 345 g/mol. The summed E-state index contributed by atoms with van der Waals surface area (Å²) < 4.78 is 0. The lowest BCUT2D eigenvalue weighted by atomic mass is 9.93. The van der Waals surface area contributed by atoms with Crippen molar-refractivity contribution in [1.82, 2.24) is 15.2 Å². The number of carbonyl (C=O) groups is 1. The molecule has 24 heavy (non-hydrogen) atoms. The lowest BCUT2D eigenvalue weighted by Crippen LogP contribution is -2.47. The van der Waals surface area contributed by atoms with Crippen LogP contribution in [0, 0.1) is 0 Å². The third kappa shape index (κ3) is 3.30. The number of aryl methyl sites for hydroxylation is 1. The second kappa shape index (κ2) is 7.32. The summed E-state index contributed by atoms with van der Waals surface area (Å²) in [4.78, 5) is 20.1. The van der Waals surface area contributed by atoms with Crippen molar-refractivity contribution in [1.29, 1.82) is 0 Å². The van der Waals surface area contributed by atoms with Crippen LogP contribution in [0.3, 0.4) is 0 Å². The molecule has 0 spiro atoms. The molecular weight excluding hydrogens is 322 g/mol. The molecule has 1 aliphatic heterocycles. The molecule has 0 unspecified atom stereocenters. The summed E-state index contributed by atoms with van der Waals surface area (Å²) in [5.41, 5.74) is 2.25. The topological polar surface area (TPSA) is 65.5 Å². The smallest absolute Gasteiger partial charge is 0.318 e. The Morgan fingerprint density at radius 2 is 2.29 bits per heavy atom. The normalized spacial score (nSPS) is 18.1. The van der Waals surface area contributed by atoms with Crippen LogP contribution < -0.4 is 5.32 Å². The molecule has 0 bridgehead atoms. The molecular formula is C18H23N3O2S. The summed E-state index contributed by atoms with van der Waals surface area (Å²) in [6.07, 6.45) is 3.63. The Bertz CT molecular complexity index is 716. The summed E-state index contributed by atoms with van der Waals surface area (Å²) in [7, 11) is 0. The third-order valence-electron chi connectivity index (χ3n) is 4.48. The van der Waals surface area contributed by atoms with E-state index in [0.29, 0.717) is 6.54 Å². The maximum absolute atomic E-state index is 12.7. The van der Waals surface area contributed by atoms with Crippen molar-refractivity contribution < 1.29 is 9.90 Å². The van der Waals surface area contributed by atoms with Crippen molar-refractivity contribution >= 4 is 17.4 Å². The first-order valence-corrected chi connectivity index (χ1v) is 9.16. The van der Waals surface area contributed by atoms with Gasteiger partial charge in [0.15, 0.2) is 0 Å². The molecule has 0 fully saturated rings. The van der Waals surface area contributed by atoms with E-state index in [-0.39, 0.29) is 24.7 Å². The van der Waals surface area contributed by atoms with E-state index in [1.807, 2.05) is 31.3 Å². The van der Waals surface area contributed by atoms with Crippen molar-refractivity contribution in [2.45, 2.75) is 38.8 Å². The molecule has 2 atom stereocenters. The van der Waals surface area contributed by atoms with E-state index < -0.39 is 0 Å². The molecule has 0 saturated heterocycles. The number of benzene rings is 1. The number of urea groups is 1. The molecule has 0 aliphatic carbocycles. The van der Waals surface area contributed by atoms with Crippen molar-refractivity contribution in [2.24, 2.45) is 0 Å². The van der Waals surface area contributed by atoms with Gasteiger partial charge in [-0.3, -0.25) is 0 Å². The predicted molar refractivity (Wildman–Crippen MR) is 95.1 cm³/mol. The van der Waals surface area contributed by atoms with E-state index in [4.69, 9.17) is 0 Å². The Morgan fingerprint density at radius 1 is 1.50 bits per heavy atom. The number of aliphatic hydroxyl groups is 1. The van der Waals surface area contributed by atoms with Crippen molar-refractivity contribution in [2.75, 3.05) is 13.2 Å². The zero-order valence-electron chi connectivity index (χ0n) is 14.0. The van der Waals surface area contributed by atoms with Gasteiger partial charge in [-0.1, -0.05) is 31.2 Å². The molecule has 3 rings (SSSR count). The zero-order chi connectivity index (χ0) is 17.1. The Morgan fingerprint density at radius 3 is 3.00 bits per heavy atom. The minimum Gasteiger partial charge on any atom is -0.394 e. The molecule has 2 aromatic rings. The first-order chi connectivity index (χ1) is 11.6. The van der Waals surface area contributed by atoms with Gasteiger partial charge in [0.25, 0.3) is 0 Å². The lowest BCUT2D eigenvalue weighted by molar-refractivity contribution is 0.125. The van der Waals surface area contributed by atoms with Crippen LogP contribution in [-0.2, 0) is 12.8 Å². The number of carbonyl (C=O) groups excluding carboxylic acids is 1. The first kappa shape index (κ1) is 16.9. The predicted octanol–water partition coefficient (Wildman–Crippen LogP) is 3.07.